The number of aromatic amines is 1. The first-order chi connectivity index (χ1) is 18.8. The summed E-state index contributed by atoms with van der Waals surface area (Å²) in [7, 11) is 1.67. The van der Waals surface area contributed by atoms with Crippen LogP contribution in [0, 0.1) is 5.92 Å². The van der Waals surface area contributed by atoms with Crippen LogP contribution in [-0.2, 0) is 23.9 Å². The van der Waals surface area contributed by atoms with Crippen molar-refractivity contribution in [2.24, 2.45) is 11.7 Å². The lowest BCUT2D eigenvalue weighted by molar-refractivity contribution is -0.193. The third-order valence-corrected chi connectivity index (χ3v) is 7.53. The first-order valence-electron chi connectivity index (χ1n) is 13.3. The van der Waals surface area contributed by atoms with E-state index in [2.05, 4.69) is 10.3 Å². The molecule has 2 saturated heterocycles. The minimum Gasteiger partial charge on any atom is -0.361 e. The number of nitrogens with zero attached hydrogens (tertiary/aromatic N) is 2. The number of benzene rings is 2. The molecule has 0 radical (unpaired) electrons. The van der Waals surface area contributed by atoms with Gasteiger partial charge in [0.05, 0.1) is 31.7 Å². The molecular weight excluding hydrogens is 498 g/mol. The minimum absolute atomic E-state index is 0.0863. The second kappa shape index (κ2) is 11.6. The number of carbonyl (C=O) groups excluding carboxylic acids is 3. The Labute approximate surface area is 227 Å². The molecule has 5 rings (SSSR count). The van der Waals surface area contributed by atoms with Gasteiger partial charge in [-0.05, 0) is 23.8 Å². The Morgan fingerprint density at radius 3 is 2.56 bits per heavy atom. The van der Waals surface area contributed by atoms with Gasteiger partial charge >= 0.3 is 0 Å². The Bertz CT molecular complexity index is 1320. The number of hydrogen-bond donors (Lipinski definition) is 3. The largest absolute Gasteiger partial charge is 0.361 e. The molecule has 39 heavy (non-hydrogen) atoms. The number of aromatic nitrogens is 1. The van der Waals surface area contributed by atoms with Gasteiger partial charge in [-0.2, -0.15) is 0 Å². The smallest absolute Gasteiger partial charge is 0.245 e. The van der Waals surface area contributed by atoms with Crippen molar-refractivity contribution in [3.8, 4) is 0 Å². The van der Waals surface area contributed by atoms with E-state index < -0.39 is 18.2 Å². The van der Waals surface area contributed by atoms with E-state index >= 15 is 0 Å². The van der Waals surface area contributed by atoms with Crippen LogP contribution in [0.5, 0.6) is 0 Å². The van der Waals surface area contributed by atoms with Gasteiger partial charge in [-0.1, -0.05) is 43.3 Å². The predicted octanol–water partition coefficient (Wildman–Crippen LogP) is 1.97. The fraction of sp³-hybridized carbons (Fsp3) is 0.414. The van der Waals surface area contributed by atoms with Crippen LogP contribution in [0.25, 0.3) is 10.9 Å². The van der Waals surface area contributed by atoms with E-state index in [1.807, 2.05) is 67.7 Å². The topological polar surface area (TPSA) is 130 Å². The van der Waals surface area contributed by atoms with Gasteiger partial charge in [-0.25, -0.2) is 0 Å². The summed E-state index contributed by atoms with van der Waals surface area (Å²) in [5, 5.41) is 3.99. The number of para-hydroxylation sites is 2. The van der Waals surface area contributed by atoms with Gasteiger partial charge < -0.3 is 35.3 Å². The van der Waals surface area contributed by atoms with Crippen LogP contribution in [0.2, 0.25) is 0 Å². The summed E-state index contributed by atoms with van der Waals surface area (Å²) >= 11 is 0. The van der Waals surface area contributed by atoms with Gasteiger partial charge in [0.25, 0.3) is 0 Å². The van der Waals surface area contributed by atoms with E-state index in [9.17, 15) is 14.4 Å². The standard InChI is InChI=1S/C29H35N5O5/c1-18(23-13-31-24-11-7-6-10-22(23)24)27(29(37)33(2)15-26-38-16-20(30)17-39-26)32-28(36)19-12-25(35)34(14-19)21-8-4-3-5-9-21/h3-11,13,18-20,26-27,31H,12,14-17,30H2,1-2H3,(H,32,36). The number of hydrogen-bond acceptors (Lipinski definition) is 6. The van der Waals surface area contributed by atoms with Crippen molar-refractivity contribution in [3.05, 3.63) is 66.4 Å². The van der Waals surface area contributed by atoms with Crippen LogP contribution in [0.15, 0.2) is 60.8 Å². The molecule has 2 aliphatic heterocycles. The Hall–Kier alpha value is -3.73. The molecule has 3 heterocycles. The molecular formula is C29H35N5O5. The number of rotatable bonds is 8. The van der Waals surface area contributed by atoms with Crippen molar-refractivity contribution in [3.63, 3.8) is 0 Å². The third kappa shape index (κ3) is 5.83. The first kappa shape index (κ1) is 26.9. The highest BCUT2D eigenvalue weighted by atomic mass is 16.7. The summed E-state index contributed by atoms with van der Waals surface area (Å²) < 4.78 is 11.3. The average molecular weight is 534 g/mol. The summed E-state index contributed by atoms with van der Waals surface area (Å²) in [6.07, 6.45) is 1.38. The summed E-state index contributed by atoms with van der Waals surface area (Å²) in [4.78, 5) is 46.5. The minimum atomic E-state index is -0.867. The second-order valence-electron chi connectivity index (χ2n) is 10.4. The lowest BCUT2D eigenvalue weighted by Gasteiger charge is -2.33. The van der Waals surface area contributed by atoms with Gasteiger partial charge in [0.15, 0.2) is 6.29 Å². The van der Waals surface area contributed by atoms with Gasteiger partial charge in [-0.3, -0.25) is 14.4 Å². The number of amides is 3. The number of anilines is 1. The number of nitrogens with two attached hydrogens (primary N) is 1. The molecule has 206 valence electrons. The Morgan fingerprint density at radius 2 is 1.82 bits per heavy atom. The zero-order valence-electron chi connectivity index (χ0n) is 22.2. The van der Waals surface area contributed by atoms with E-state index in [1.54, 1.807) is 11.9 Å². The quantitative estimate of drug-likeness (QED) is 0.406. The first-order valence-corrected chi connectivity index (χ1v) is 13.3. The van der Waals surface area contributed by atoms with Gasteiger partial charge in [0, 0.05) is 48.7 Å². The maximum atomic E-state index is 13.8. The van der Waals surface area contributed by atoms with E-state index in [4.69, 9.17) is 15.2 Å². The summed E-state index contributed by atoms with van der Waals surface area (Å²) in [5.74, 6) is -1.64. The molecule has 0 saturated carbocycles. The number of H-pyrrole nitrogens is 1. The highest BCUT2D eigenvalue weighted by molar-refractivity contribution is 6.01. The van der Waals surface area contributed by atoms with Crippen LogP contribution in [0.3, 0.4) is 0 Å². The highest BCUT2D eigenvalue weighted by Crippen LogP contribution is 2.30. The van der Waals surface area contributed by atoms with Crippen molar-refractivity contribution < 1.29 is 23.9 Å². The lowest BCUT2D eigenvalue weighted by atomic mass is 9.91. The van der Waals surface area contributed by atoms with E-state index in [0.29, 0.717) is 13.2 Å². The Morgan fingerprint density at radius 1 is 1.13 bits per heavy atom. The van der Waals surface area contributed by atoms with Crippen molar-refractivity contribution in [2.45, 2.75) is 37.6 Å². The maximum absolute atomic E-state index is 13.8. The number of carbonyl (C=O) groups is 3. The number of likely N-dealkylation sites (N-methyl/N-ethyl adjacent to an activating group) is 1. The van der Waals surface area contributed by atoms with Crippen molar-refractivity contribution >= 4 is 34.3 Å². The molecule has 10 heteroatoms. The third-order valence-electron chi connectivity index (χ3n) is 7.53. The van der Waals surface area contributed by atoms with Crippen LogP contribution >= 0.6 is 0 Å². The molecule has 0 aliphatic carbocycles. The predicted molar refractivity (Wildman–Crippen MR) is 147 cm³/mol. The van der Waals surface area contributed by atoms with Crippen LogP contribution in [0.4, 0.5) is 5.69 Å². The van der Waals surface area contributed by atoms with Crippen LogP contribution < -0.4 is 16.0 Å². The Kier molecular flexibility index (Phi) is 7.97. The number of nitrogens with one attached hydrogen (secondary N) is 2. The zero-order chi connectivity index (χ0) is 27.5. The van der Waals surface area contributed by atoms with Gasteiger partial charge in [-0.15, -0.1) is 0 Å². The molecule has 2 aromatic carbocycles. The molecule has 3 unspecified atom stereocenters. The zero-order valence-corrected chi connectivity index (χ0v) is 22.2. The van der Waals surface area contributed by atoms with Gasteiger partial charge in [0.1, 0.15) is 6.04 Å². The molecule has 10 nitrogen and oxygen atoms in total. The molecule has 3 amide bonds. The molecule has 0 bridgehead atoms. The SMILES string of the molecule is CC(c1c[nH]c2ccccc12)C(NC(=O)C1CC(=O)N(c2ccccc2)C1)C(=O)N(C)CC1OCC(N)CO1. The Balaban J connectivity index is 1.35. The van der Waals surface area contributed by atoms with Crippen LogP contribution in [-0.4, -0.2) is 79.3 Å². The second-order valence-corrected chi connectivity index (χ2v) is 10.4. The maximum Gasteiger partial charge on any atom is 0.245 e. The number of fused-ring (bicyclic) bond motifs is 1. The molecule has 3 aromatic rings. The van der Waals surface area contributed by atoms with E-state index in [-0.39, 0.29) is 49.2 Å². The van der Waals surface area contributed by atoms with Crippen LogP contribution in [0.1, 0.15) is 24.8 Å². The van der Waals surface area contributed by atoms with Crippen molar-refractivity contribution in [2.75, 3.05) is 38.3 Å². The highest BCUT2D eigenvalue weighted by Gasteiger charge is 2.39. The molecule has 2 aliphatic rings. The lowest BCUT2D eigenvalue weighted by Crippen LogP contribution is -2.54. The van der Waals surface area contributed by atoms with Gasteiger partial charge in [0.2, 0.25) is 17.7 Å². The van der Waals surface area contributed by atoms with E-state index in [0.717, 1.165) is 22.2 Å². The molecule has 3 atom stereocenters. The van der Waals surface area contributed by atoms with Crippen molar-refractivity contribution in [1.29, 1.82) is 0 Å². The number of ether oxygens (including phenoxy) is 2. The molecule has 4 N–H and O–H groups in total. The normalized spacial score (nSPS) is 23.0. The fourth-order valence-electron chi connectivity index (χ4n) is 5.28. The monoisotopic (exact) mass is 533 g/mol. The molecule has 1 aromatic heterocycles. The van der Waals surface area contributed by atoms with Crippen molar-refractivity contribution in [1.82, 2.24) is 15.2 Å². The van der Waals surface area contributed by atoms with E-state index in [1.165, 1.54) is 4.90 Å². The summed E-state index contributed by atoms with van der Waals surface area (Å²) in [6.45, 7) is 3.09. The average Bonchev–Trinajstić information content (AvgIpc) is 3.56. The summed E-state index contributed by atoms with van der Waals surface area (Å²) in [5.41, 5.74) is 8.46. The molecule has 2 fully saturated rings. The molecule has 0 spiro atoms. The summed E-state index contributed by atoms with van der Waals surface area (Å²) in [6, 6.07) is 16.1. The fourth-order valence-corrected chi connectivity index (χ4v) is 5.28.